The highest BCUT2D eigenvalue weighted by molar-refractivity contribution is 6.33. The van der Waals surface area contributed by atoms with Crippen molar-refractivity contribution in [3.8, 4) is 6.07 Å². The number of carboxylic acids is 1. The van der Waals surface area contributed by atoms with Gasteiger partial charge in [-0.05, 0) is 18.2 Å². The standard InChI is InChI=1S/C13H9ClN4O2/c14-10-3-8(4-15)1-2-11(10)17-6-12-9(13(19)20)5-16-7-18-12/h1-3,5,7,17H,6H2,(H,19,20). The summed E-state index contributed by atoms with van der Waals surface area (Å²) in [7, 11) is 0. The van der Waals surface area contributed by atoms with Crippen LogP contribution in [0.25, 0.3) is 0 Å². The zero-order chi connectivity index (χ0) is 14.5. The number of anilines is 1. The Balaban J connectivity index is 2.18. The second-order valence-electron chi connectivity index (χ2n) is 3.85. The predicted molar refractivity (Wildman–Crippen MR) is 72.5 cm³/mol. The Bertz CT molecular complexity index is 697. The number of hydrogen-bond donors (Lipinski definition) is 2. The monoisotopic (exact) mass is 288 g/mol. The average Bonchev–Trinajstić information content (AvgIpc) is 2.46. The fourth-order valence-corrected chi connectivity index (χ4v) is 1.83. The Kier molecular flexibility index (Phi) is 4.13. The summed E-state index contributed by atoms with van der Waals surface area (Å²) < 4.78 is 0. The van der Waals surface area contributed by atoms with E-state index < -0.39 is 5.97 Å². The summed E-state index contributed by atoms with van der Waals surface area (Å²) in [4.78, 5) is 18.6. The maximum absolute atomic E-state index is 11.0. The van der Waals surface area contributed by atoms with Crippen LogP contribution in [-0.2, 0) is 6.54 Å². The van der Waals surface area contributed by atoms with E-state index in [4.69, 9.17) is 22.0 Å². The summed E-state index contributed by atoms with van der Waals surface area (Å²) in [5.41, 5.74) is 1.44. The van der Waals surface area contributed by atoms with E-state index in [9.17, 15) is 4.79 Å². The SMILES string of the molecule is N#Cc1ccc(NCc2ncncc2C(=O)O)c(Cl)c1. The lowest BCUT2D eigenvalue weighted by Gasteiger charge is -2.09. The predicted octanol–water partition coefficient (Wildman–Crippen LogP) is 2.31. The van der Waals surface area contributed by atoms with Crippen LogP contribution < -0.4 is 5.32 Å². The first-order chi connectivity index (χ1) is 9.61. The smallest absolute Gasteiger partial charge is 0.339 e. The number of benzene rings is 1. The van der Waals surface area contributed by atoms with Crippen LogP contribution in [0.15, 0.2) is 30.7 Å². The second kappa shape index (κ2) is 5.99. The van der Waals surface area contributed by atoms with Gasteiger partial charge in [0.15, 0.2) is 0 Å². The van der Waals surface area contributed by atoms with Gasteiger partial charge in [0.2, 0.25) is 0 Å². The van der Waals surface area contributed by atoms with Gasteiger partial charge in [-0.1, -0.05) is 11.6 Å². The van der Waals surface area contributed by atoms with E-state index >= 15 is 0 Å². The zero-order valence-corrected chi connectivity index (χ0v) is 10.9. The molecule has 0 radical (unpaired) electrons. The quantitative estimate of drug-likeness (QED) is 0.895. The van der Waals surface area contributed by atoms with Gasteiger partial charge in [-0.15, -0.1) is 0 Å². The van der Waals surface area contributed by atoms with Crippen LogP contribution in [-0.4, -0.2) is 21.0 Å². The third kappa shape index (κ3) is 3.02. The van der Waals surface area contributed by atoms with E-state index in [1.165, 1.54) is 18.6 Å². The molecule has 1 heterocycles. The molecule has 1 aromatic heterocycles. The van der Waals surface area contributed by atoms with Crippen LogP contribution >= 0.6 is 11.6 Å². The Morgan fingerprint density at radius 3 is 2.95 bits per heavy atom. The molecule has 0 amide bonds. The molecule has 0 unspecified atom stereocenters. The fraction of sp³-hybridized carbons (Fsp3) is 0.0769. The lowest BCUT2D eigenvalue weighted by molar-refractivity contribution is 0.0694. The summed E-state index contributed by atoms with van der Waals surface area (Å²) in [6.07, 6.45) is 2.52. The van der Waals surface area contributed by atoms with Crippen LogP contribution in [0.3, 0.4) is 0 Å². The maximum atomic E-state index is 11.0. The van der Waals surface area contributed by atoms with Crippen molar-refractivity contribution in [3.63, 3.8) is 0 Å². The van der Waals surface area contributed by atoms with E-state index in [-0.39, 0.29) is 12.1 Å². The average molecular weight is 289 g/mol. The van der Waals surface area contributed by atoms with E-state index in [2.05, 4.69) is 15.3 Å². The summed E-state index contributed by atoms with van der Waals surface area (Å²) in [5.74, 6) is -1.09. The summed E-state index contributed by atoms with van der Waals surface area (Å²) in [5, 5.41) is 21.1. The number of nitrogens with zero attached hydrogens (tertiary/aromatic N) is 3. The number of rotatable bonds is 4. The van der Waals surface area contributed by atoms with Crippen molar-refractivity contribution < 1.29 is 9.90 Å². The van der Waals surface area contributed by atoms with Crippen LogP contribution in [0.5, 0.6) is 0 Å². The van der Waals surface area contributed by atoms with Crippen LogP contribution in [0, 0.1) is 11.3 Å². The highest BCUT2D eigenvalue weighted by Gasteiger charge is 2.11. The van der Waals surface area contributed by atoms with Crippen LogP contribution in [0.1, 0.15) is 21.6 Å². The van der Waals surface area contributed by atoms with Crippen molar-refractivity contribution in [1.82, 2.24) is 9.97 Å². The molecule has 0 saturated carbocycles. The number of carbonyl (C=O) groups is 1. The van der Waals surface area contributed by atoms with Gasteiger partial charge in [-0.2, -0.15) is 5.26 Å². The minimum atomic E-state index is -1.09. The molecular formula is C13H9ClN4O2. The van der Waals surface area contributed by atoms with Crippen molar-refractivity contribution in [2.75, 3.05) is 5.32 Å². The molecule has 0 aliphatic heterocycles. The van der Waals surface area contributed by atoms with Gasteiger partial charge in [0.1, 0.15) is 11.9 Å². The molecular weight excluding hydrogens is 280 g/mol. The highest BCUT2D eigenvalue weighted by atomic mass is 35.5. The number of nitrogens with one attached hydrogen (secondary N) is 1. The Labute approximate surface area is 119 Å². The van der Waals surface area contributed by atoms with Crippen molar-refractivity contribution >= 4 is 23.3 Å². The van der Waals surface area contributed by atoms with Gasteiger partial charge >= 0.3 is 5.97 Å². The topological polar surface area (TPSA) is 98.9 Å². The molecule has 1 aromatic carbocycles. The van der Waals surface area contributed by atoms with Crippen LogP contribution in [0.4, 0.5) is 5.69 Å². The molecule has 20 heavy (non-hydrogen) atoms. The molecule has 0 aliphatic rings. The number of nitriles is 1. The molecule has 0 bridgehead atoms. The molecule has 2 aromatic rings. The van der Waals surface area contributed by atoms with E-state index in [0.717, 1.165) is 0 Å². The Hall–Kier alpha value is -2.65. The number of halogens is 1. The molecule has 2 N–H and O–H groups in total. The third-order valence-corrected chi connectivity index (χ3v) is 2.88. The maximum Gasteiger partial charge on any atom is 0.339 e. The van der Waals surface area contributed by atoms with Gasteiger partial charge in [0, 0.05) is 6.20 Å². The first kappa shape index (κ1) is 13.8. The molecule has 0 fully saturated rings. The molecule has 0 aliphatic carbocycles. The van der Waals surface area contributed by atoms with E-state index in [0.29, 0.717) is 22.0 Å². The highest BCUT2D eigenvalue weighted by Crippen LogP contribution is 2.23. The van der Waals surface area contributed by atoms with E-state index in [1.807, 2.05) is 6.07 Å². The van der Waals surface area contributed by atoms with Gasteiger partial charge < -0.3 is 10.4 Å². The van der Waals surface area contributed by atoms with Gasteiger partial charge in [0.25, 0.3) is 0 Å². The molecule has 0 saturated heterocycles. The molecule has 100 valence electrons. The summed E-state index contributed by atoms with van der Waals surface area (Å²) in [6, 6.07) is 6.78. The first-order valence-electron chi connectivity index (χ1n) is 5.57. The Morgan fingerprint density at radius 2 is 2.30 bits per heavy atom. The first-order valence-corrected chi connectivity index (χ1v) is 5.95. The van der Waals surface area contributed by atoms with Gasteiger partial charge in [-0.25, -0.2) is 14.8 Å². The summed E-state index contributed by atoms with van der Waals surface area (Å²) >= 11 is 6.01. The minimum absolute atomic E-state index is 0.0322. The lowest BCUT2D eigenvalue weighted by Crippen LogP contribution is -2.10. The van der Waals surface area contributed by atoms with E-state index in [1.54, 1.807) is 12.1 Å². The third-order valence-electron chi connectivity index (χ3n) is 2.57. The summed E-state index contributed by atoms with van der Waals surface area (Å²) in [6.45, 7) is 0.190. The number of carboxylic acid groups (broad SMARTS) is 1. The zero-order valence-electron chi connectivity index (χ0n) is 10.2. The fourth-order valence-electron chi connectivity index (χ4n) is 1.58. The molecule has 0 spiro atoms. The number of aromatic nitrogens is 2. The lowest BCUT2D eigenvalue weighted by atomic mass is 10.2. The number of hydrogen-bond acceptors (Lipinski definition) is 5. The van der Waals surface area contributed by atoms with Crippen LogP contribution in [0.2, 0.25) is 5.02 Å². The van der Waals surface area contributed by atoms with Gasteiger partial charge in [-0.3, -0.25) is 0 Å². The second-order valence-corrected chi connectivity index (χ2v) is 4.26. The van der Waals surface area contributed by atoms with Crippen molar-refractivity contribution in [2.45, 2.75) is 6.54 Å². The normalized spacial score (nSPS) is 9.80. The largest absolute Gasteiger partial charge is 0.478 e. The molecule has 7 heteroatoms. The van der Waals surface area contributed by atoms with Crippen molar-refractivity contribution in [1.29, 1.82) is 5.26 Å². The van der Waals surface area contributed by atoms with Crippen molar-refractivity contribution in [2.24, 2.45) is 0 Å². The minimum Gasteiger partial charge on any atom is -0.478 e. The molecule has 6 nitrogen and oxygen atoms in total. The molecule has 0 atom stereocenters. The Morgan fingerprint density at radius 1 is 1.50 bits per heavy atom. The molecule has 2 rings (SSSR count). The number of aromatic carboxylic acids is 1. The van der Waals surface area contributed by atoms with Gasteiger partial charge in [0.05, 0.1) is 34.6 Å². The van der Waals surface area contributed by atoms with Crippen molar-refractivity contribution in [3.05, 3.63) is 52.6 Å².